The van der Waals surface area contributed by atoms with E-state index < -0.39 is 17.9 Å². The quantitative estimate of drug-likeness (QED) is 0.416. The molecule has 0 aliphatic carbocycles. The molecule has 10 heteroatoms. The number of fused-ring (bicyclic) bond motifs is 3. The van der Waals surface area contributed by atoms with Gasteiger partial charge >= 0.3 is 11.8 Å². The van der Waals surface area contributed by atoms with Crippen LogP contribution in [0.25, 0.3) is 10.2 Å². The molecular weight excluding hydrogens is 469 g/mol. The van der Waals surface area contributed by atoms with Gasteiger partial charge < -0.3 is 20.7 Å². The Balaban J connectivity index is 1.34. The van der Waals surface area contributed by atoms with Gasteiger partial charge in [0, 0.05) is 17.7 Å². The fraction of sp³-hybridized carbons (Fsp3) is 0.200. The van der Waals surface area contributed by atoms with Gasteiger partial charge in [0.15, 0.2) is 0 Å². The highest BCUT2D eigenvalue weighted by Crippen LogP contribution is 2.36. The van der Waals surface area contributed by atoms with Crippen LogP contribution >= 0.6 is 11.3 Å². The van der Waals surface area contributed by atoms with E-state index in [1.807, 2.05) is 18.2 Å². The van der Waals surface area contributed by atoms with E-state index in [4.69, 9.17) is 10.5 Å². The number of halogens is 1. The number of nitrogen functional groups attached to an aromatic ring is 1. The van der Waals surface area contributed by atoms with Gasteiger partial charge in [-0.15, -0.1) is 11.3 Å². The van der Waals surface area contributed by atoms with E-state index in [1.165, 1.54) is 34.6 Å². The average molecular weight is 490 g/mol. The summed E-state index contributed by atoms with van der Waals surface area (Å²) in [6, 6.07) is 10.0. The molecule has 0 spiro atoms. The van der Waals surface area contributed by atoms with Crippen LogP contribution in [0.15, 0.2) is 48.1 Å². The number of benzene rings is 2. The monoisotopic (exact) mass is 489 g/mol. The first-order valence-electron chi connectivity index (χ1n) is 11.0. The van der Waals surface area contributed by atoms with Crippen LogP contribution in [0.5, 0.6) is 0 Å². The summed E-state index contributed by atoms with van der Waals surface area (Å²) in [6.45, 7) is 0.695. The van der Waals surface area contributed by atoms with Crippen molar-refractivity contribution in [3.8, 4) is 0 Å². The molecule has 8 nitrogen and oxygen atoms in total. The van der Waals surface area contributed by atoms with Crippen molar-refractivity contribution >= 4 is 44.9 Å². The van der Waals surface area contributed by atoms with Crippen LogP contribution in [0.2, 0.25) is 0 Å². The predicted molar refractivity (Wildman–Crippen MR) is 129 cm³/mol. The molecule has 2 aliphatic heterocycles. The number of nitrogens with two attached hydrogens (primary N) is 1. The molecule has 176 valence electrons. The first-order chi connectivity index (χ1) is 17.0. The second-order valence-corrected chi connectivity index (χ2v) is 9.49. The molecule has 35 heavy (non-hydrogen) atoms. The maximum Gasteiger partial charge on any atom is 0.313 e. The maximum absolute atomic E-state index is 14.0. The van der Waals surface area contributed by atoms with E-state index in [2.05, 4.69) is 15.3 Å². The summed E-state index contributed by atoms with van der Waals surface area (Å²) in [5.74, 6) is -1.56. The molecule has 1 unspecified atom stereocenters. The van der Waals surface area contributed by atoms with Crippen molar-refractivity contribution in [2.45, 2.75) is 32.2 Å². The summed E-state index contributed by atoms with van der Waals surface area (Å²) in [4.78, 5) is 36.6. The number of pyridine rings is 1. The molecule has 0 radical (unpaired) electrons. The third-order valence-electron chi connectivity index (χ3n) is 6.57. The smallest absolute Gasteiger partial charge is 0.313 e. The largest absolute Gasteiger partial charge is 0.383 e. The number of hydrogen-bond donors (Lipinski definition) is 2. The Morgan fingerprint density at radius 1 is 1.11 bits per heavy atom. The first-order valence-corrected chi connectivity index (χ1v) is 11.9. The molecule has 2 amide bonds. The second kappa shape index (κ2) is 8.40. The highest BCUT2D eigenvalue weighted by atomic mass is 32.1. The Hall–Kier alpha value is -3.89. The van der Waals surface area contributed by atoms with Gasteiger partial charge in [-0.3, -0.25) is 9.59 Å². The molecule has 1 atom stereocenters. The standard InChI is InChI=1S/C25H20FN5O3S/c26-16-3-1-13-7-21(14-2-4-22-19(6-14)29-12-35-22)31(9-15(13)5-16)25(33)24(32)30-20-8-28-23(27)18-11-34-10-17(18)20/h1-6,8,12,21H,7,9-11H2,(H2,27,28)(H,30,32). The zero-order valence-electron chi connectivity index (χ0n) is 18.5. The van der Waals surface area contributed by atoms with Crippen molar-refractivity contribution in [1.29, 1.82) is 0 Å². The average Bonchev–Trinajstić information content (AvgIpc) is 3.54. The molecule has 0 saturated carbocycles. The summed E-state index contributed by atoms with van der Waals surface area (Å²) in [5, 5.41) is 2.69. The maximum atomic E-state index is 14.0. The van der Waals surface area contributed by atoms with E-state index in [9.17, 15) is 14.0 Å². The van der Waals surface area contributed by atoms with Crippen LogP contribution < -0.4 is 11.1 Å². The predicted octanol–water partition coefficient (Wildman–Crippen LogP) is 3.71. The van der Waals surface area contributed by atoms with Crippen LogP contribution in [-0.2, 0) is 40.5 Å². The summed E-state index contributed by atoms with van der Waals surface area (Å²) in [7, 11) is 0. The van der Waals surface area contributed by atoms with Crippen molar-refractivity contribution in [1.82, 2.24) is 14.9 Å². The number of amides is 2. The highest BCUT2D eigenvalue weighted by Gasteiger charge is 2.35. The van der Waals surface area contributed by atoms with Crippen molar-refractivity contribution in [2.24, 2.45) is 0 Å². The number of carbonyl (C=O) groups is 2. The number of hydrogen-bond acceptors (Lipinski definition) is 7. The molecule has 0 fully saturated rings. The Kier molecular flexibility index (Phi) is 5.19. The minimum absolute atomic E-state index is 0.111. The fourth-order valence-corrected chi connectivity index (χ4v) is 5.41. The van der Waals surface area contributed by atoms with Gasteiger partial charge in [-0.25, -0.2) is 14.4 Å². The normalized spacial score (nSPS) is 16.7. The molecule has 4 heterocycles. The lowest BCUT2D eigenvalue weighted by Gasteiger charge is -2.37. The fourth-order valence-electron chi connectivity index (χ4n) is 4.75. The topological polar surface area (TPSA) is 110 Å². The van der Waals surface area contributed by atoms with Crippen molar-refractivity contribution < 1.29 is 18.7 Å². The summed E-state index contributed by atoms with van der Waals surface area (Å²) >= 11 is 1.53. The summed E-state index contributed by atoms with van der Waals surface area (Å²) in [5.41, 5.74) is 12.8. The third kappa shape index (κ3) is 3.80. The SMILES string of the molecule is Nc1ncc(NC(=O)C(=O)N2Cc3cc(F)ccc3CC2c2ccc3scnc3c2)c2c1COC2. The number of ether oxygens (including phenoxy) is 1. The number of aromatic nitrogens is 2. The van der Waals surface area contributed by atoms with Gasteiger partial charge in [-0.05, 0) is 47.4 Å². The molecule has 2 aliphatic rings. The Morgan fingerprint density at radius 3 is 2.86 bits per heavy atom. The van der Waals surface area contributed by atoms with Crippen LogP contribution in [0.1, 0.15) is 33.9 Å². The van der Waals surface area contributed by atoms with Crippen LogP contribution in [-0.4, -0.2) is 26.7 Å². The number of anilines is 2. The Bertz CT molecular complexity index is 1500. The summed E-state index contributed by atoms with van der Waals surface area (Å²) in [6.07, 6.45) is 1.89. The molecule has 0 bridgehead atoms. The van der Waals surface area contributed by atoms with Crippen molar-refractivity contribution in [3.63, 3.8) is 0 Å². The van der Waals surface area contributed by atoms with Crippen LogP contribution in [0.3, 0.4) is 0 Å². The molecular formula is C25H20FN5O3S. The molecule has 4 aromatic rings. The lowest BCUT2D eigenvalue weighted by atomic mass is 9.89. The van der Waals surface area contributed by atoms with E-state index in [-0.39, 0.29) is 19.0 Å². The van der Waals surface area contributed by atoms with Gasteiger partial charge in [0.2, 0.25) is 0 Å². The molecule has 2 aromatic heterocycles. The van der Waals surface area contributed by atoms with Crippen molar-refractivity contribution in [3.05, 3.63) is 81.7 Å². The number of carbonyl (C=O) groups excluding carboxylic acids is 2. The number of thiazole rings is 1. The lowest BCUT2D eigenvalue weighted by Crippen LogP contribution is -2.44. The van der Waals surface area contributed by atoms with E-state index in [0.29, 0.717) is 35.7 Å². The van der Waals surface area contributed by atoms with Gasteiger partial charge in [-0.1, -0.05) is 12.1 Å². The van der Waals surface area contributed by atoms with Gasteiger partial charge in [0.25, 0.3) is 0 Å². The van der Waals surface area contributed by atoms with Crippen LogP contribution in [0, 0.1) is 5.82 Å². The molecule has 3 N–H and O–H groups in total. The highest BCUT2D eigenvalue weighted by molar-refractivity contribution is 7.16. The van der Waals surface area contributed by atoms with Gasteiger partial charge in [-0.2, -0.15) is 0 Å². The number of nitrogens with zero attached hydrogens (tertiary/aromatic N) is 3. The zero-order chi connectivity index (χ0) is 24.1. The molecule has 2 aromatic carbocycles. The van der Waals surface area contributed by atoms with E-state index in [1.54, 1.807) is 11.6 Å². The Morgan fingerprint density at radius 2 is 1.97 bits per heavy atom. The number of rotatable bonds is 2. The Labute approximate surface area is 203 Å². The zero-order valence-corrected chi connectivity index (χ0v) is 19.3. The summed E-state index contributed by atoms with van der Waals surface area (Å²) < 4.78 is 20.4. The van der Waals surface area contributed by atoms with Gasteiger partial charge in [0.1, 0.15) is 11.6 Å². The molecule has 6 rings (SSSR count). The third-order valence-corrected chi connectivity index (χ3v) is 7.38. The minimum atomic E-state index is -0.801. The molecule has 0 saturated heterocycles. The lowest BCUT2D eigenvalue weighted by molar-refractivity contribution is -0.145. The van der Waals surface area contributed by atoms with Crippen molar-refractivity contribution in [2.75, 3.05) is 11.1 Å². The number of nitrogens with one attached hydrogen (secondary N) is 1. The first kappa shape index (κ1) is 21.6. The minimum Gasteiger partial charge on any atom is -0.383 e. The van der Waals surface area contributed by atoms with Crippen LogP contribution in [0.4, 0.5) is 15.9 Å². The van der Waals surface area contributed by atoms with E-state index >= 15 is 0 Å². The van der Waals surface area contributed by atoms with Gasteiger partial charge in [0.05, 0.1) is 46.9 Å². The van der Waals surface area contributed by atoms with E-state index in [0.717, 1.165) is 26.9 Å². The second-order valence-electron chi connectivity index (χ2n) is 8.61.